The lowest BCUT2D eigenvalue weighted by molar-refractivity contribution is 0.285. The average molecular weight is 218 g/mol. The average Bonchev–Trinajstić information content (AvgIpc) is 2.61. The molecule has 0 unspecified atom stereocenters. The number of nitrogens with zero attached hydrogens (tertiary/aromatic N) is 3. The van der Waals surface area contributed by atoms with E-state index in [4.69, 9.17) is 0 Å². The molecule has 0 amide bonds. The molecule has 0 aliphatic carbocycles. The van der Waals surface area contributed by atoms with Crippen LogP contribution in [0.4, 0.5) is 0 Å². The zero-order valence-electron chi connectivity index (χ0n) is 10.1. The van der Waals surface area contributed by atoms with Crippen molar-refractivity contribution in [2.24, 2.45) is 5.41 Å². The topological polar surface area (TPSA) is 42.7 Å². The van der Waals surface area contributed by atoms with Crippen LogP contribution in [0.1, 0.15) is 13.8 Å². The van der Waals surface area contributed by atoms with E-state index in [0.717, 1.165) is 24.1 Å². The van der Waals surface area contributed by atoms with Crippen molar-refractivity contribution in [1.29, 1.82) is 0 Å². The van der Waals surface area contributed by atoms with Gasteiger partial charge in [0.1, 0.15) is 5.52 Å². The maximum atomic E-state index is 4.20. The predicted octanol–water partition coefficient (Wildman–Crippen LogP) is 1.68. The molecule has 0 aliphatic heterocycles. The molecule has 0 spiro atoms. The highest BCUT2D eigenvalue weighted by atomic mass is 15.4. The van der Waals surface area contributed by atoms with E-state index >= 15 is 0 Å². The first-order valence-electron chi connectivity index (χ1n) is 5.55. The van der Waals surface area contributed by atoms with Gasteiger partial charge in [-0.25, -0.2) is 4.68 Å². The number of benzene rings is 1. The van der Waals surface area contributed by atoms with Crippen LogP contribution in [0.2, 0.25) is 0 Å². The van der Waals surface area contributed by atoms with Crippen molar-refractivity contribution in [1.82, 2.24) is 20.3 Å². The van der Waals surface area contributed by atoms with Crippen LogP contribution in [-0.4, -0.2) is 28.6 Å². The monoisotopic (exact) mass is 218 g/mol. The minimum Gasteiger partial charge on any atom is -0.319 e. The zero-order chi connectivity index (χ0) is 11.6. The first kappa shape index (κ1) is 11.1. The Bertz CT molecular complexity index is 473. The molecule has 0 saturated heterocycles. The van der Waals surface area contributed by atoms with Crippen molar-refractivity contribution in [3.05, 3.63) is 24.3 Å². The third-order valence-corrected chi connectivity index (χ3v) is 2.65. The highest BCUT2D eigenvalue weighted by molar-refractivity contribution is 5.73. The van der Waals surface area contributed by atoms with Crippen molar-refractivity contribution in [2.75, 3.05) is 13.6 Å². The normalized spacial score (nSPS) is 12.2. The van der Waals surface area contributed by atoms with Gasteiger partial charge >= 0.3 is 0 Å². The highest BCUT2D eigenvalue weighted by Crippen LogP contribution is 2.19. The van der Waals surface area contributed by atoms with Gasteiger partial charge in [-0.15, -0.1) is 5.10 Å². The number of rotatable bonds is 4. The van der Waals surface area contributed by atoms with Gasteiger partial charge in [0.2, 0.25) is 0 Å². The largest absolute Gasteiger partial charge is 0.319 e. The molecule has 0 fully saturated rings. The number of fused-ring (bicyclic) bond motifs is 1. The summed E-state index contributed by atoms with van der Waals surface area (Å²) in [6.45, 7) is 6.27. The fourth-order valence-electron chi connectivity index (χ4n) is 1.97. The van der Waals surface area contributed by atoms with Crippen LogP contribution < -0.4 is 5.32 Å². The second-order valence-corrected chi connectivity index (χ2v) is 4.93. The van der Waals surface area contributed by atoms with Gasteiger partial charge in [0.15, 0.2) is 0 Å². The molecule has 2 aromatic rings. The second-order valence-electron chi connectivity index (χ2n) is 4.93. The highest BCUT2D eigenvalue weighted by Gasteiger charge is 2.19. The summed E-state index contributed by atoms with van der Waals surface area (Å²) in [5.41, 5.74) is 2.24. The molecule has 0 aliphatic rings. The van der Waals surface area contributed by atoms with Gasteiger partial charge < -0.3 is 5.32 Å². The lowest BCUT2D eigenvalue weighted by Gasteiger charge is -2.23. The van der Waals surface area contributed by atoms with Gasteiger partial charge in [0.05, 0.1) is 5.52 Å². The van der Waals surface area contributed by atoms with E-state index in [0.29, 0.717) is 0 Å². The van der Waals surface area contributed by atoms with Crippen LogP contribution in [0.5, 0.6) is 0 Å². The van der Waals surface area contributed by atoms with E-state index in [1.807, 2.05) is 29.9 Å². The van der Waals surface area contributed by atoms with Crippen LogP contribution in [0, 0.1) is 5.41 Å². The Hall–Kier alpha value is -1.42. The van der Waals surface area contributed by atoms with E-state index < -0.39 is 0 Å². The zero-order valence-corrected chi connectivity index (χ0v) is 10.1. The minimum atomic E-state index is 0.172. The molecule has 4 heteroatoms. The van der Waals surface area contributed by atoms with Crippen LogP contribution in [0.25, 0.3) is 11.0 Å². The summed E-state index contributed by atoms with van der Waals surface area (Å²) in [6, 6.07) is 8.06. The smallest absolute Gasteiger partial charge is 0.113 e. The van der Waals surface area contributed by atoms with E-state index in [2.05, 4.69) is 35.5 Å². The third-order valence-electron chi connectivity index (χ3n) is 2.65. The number of para-hydroxylation sites is 1. The summed E-state index contributed by atoms with van der Waals surface area (Å²) in [4.78, 5) is 0. The van der Waals surface area contributed by atoms with Gasteiger partial charge in [0.25, 0.3) is 0 Å². The fourth-order valence-corrected chi connectivity index (χ4v) is 1.97. The Morgan fingerprint density at radius 3 is 2.81 bits per heavy atom. The van der Waals surface area contributed by atoms with Crippen molar-refractivity contribution >= 4 is 11.0 Å². The standard InChI is InChI=1S/C12H18N4/c1-12(2,8-13-3)9-16-11-7-5-4-6-10(11)14-15-16/h4-7,13H,8-9H2,1-3H3. The molecule has 16 heavy (non-hydrogen) atoms. The Morgan fingerprint density at radius 1 is 1.31 bits per heavy atom. The SMILES string of the molecule is CNCC(C)(C)Cn1nnc2ccccc21. The molecule has 0 saturated carbocycles. The summed E-state index contributed by atoms with van der Waals surface area (Å²) in [5.74, 6) is 0. The quantitative estimate of drug-likeness (QED) is 0.849. The molecule has 0 radical (unpaired) electrons. The molecule has 2 rings (SSSR count). The predicted molar refractivity (Wildman–Crippen MR) is 65.2 cm³/mol. The van der Waals surface area contributed by atoms with E-state index in [-0.39, 0.29) is 5.41 Å². The van der Waals surface area contributed by atoms with Crippen molar-refractivity contribution < 1.29 is 0 Å². The third kappa shape index (κ3) is 2.22. The van der Waals surface area contributed by atoms with E-state index in [1.54, 1.807) is 0 Å². The molecular formula is C12H18N4. The van der Waals surface area contributed by atoms with Crippen LogP contribution in [0.3, 0.4) is 0 Å². The summed E-state index contributed by atoms with van der Waals surface area (Å²) in [5, 5.41) is 11.6. The maximum Gasteiger partial charge on any atom is 0.113 e. The molecule has 1 aromatic heterocycles. The van der Waals surface area contributed by atoms with Crippen LogP contribution in [-0.2, 0) is 6.54 Å². The van der Waals surface area contributed by atoms with Gasteiger partial charge in [0, 0.05) is 13.1 Å². The van der Waals surface area contributed by atoms with Gasteiger partial charge in [-0.1, -0.05) is 31.2 Å². The van der Waals surface area contributed by atoms with Crippen LogP contribution >= 0.6 is 0 Å². The first-order chi connectivity index (χ1) is 7.62. The number of hydrogen-bond acceptors (Lipinski definition) is 3. The molecule has 86 valence electrons. The molecule has 0 atom stereocenters. The Labute approximate surface area is 95.6 Å². The van der Waals surface area contributed by atoms with Crippen molar-refractivity contribution in [3.63, 3.8) is 0 Å². The van der Waals surface area contributed by atoms with Gasteiger partial charge in [-0.2, -0.15) is 0 Å². The molecule has 1 aromatic carbocycles. The molecule has 0 bridgehead atoms. The summed E-state index contributed by atoms with van der Waals surface area (Å²) in [6.07, 6.45) is 0. The number of aromatic nitrogens is 3. The lowest BCUT2D eigenvalue weighted by atomic mass is 9.93. The number of nitrogens with one attached hydrogen (secondary N) is 1. The van der Waals surface area contributed by atoms with Crippen molar-refractivity contribution in [3.8, 4) is 0 Å². The summed E-state index contributed by atoms with van der Waals surface area (Å²) in [7, 11) is 1.97. The van der Waals surface area contributed by atoms with Gasteiger partial charge in [-0.05, 0) is 24.6 Å². The lowest BCUT2D eigenvalue weighted by Crippen LogP contribution is -2.31. The second kappa shape index (κ2) is 4.22. The summed E-state index contributed by atoms with van der Waals surface area (Å²) < 4.78 is 1.98. The number of hydrogen-bond donors (Lipinski definition) is 1. The van der Waals surface area contributed by atoms with Crippen molar-refractivity contribution in [2.45, 2.75) is 20.4 Å². The summed E-state index contributed by atoms with van der Waals surface area (Å²) >= 11 is 0. The molecule has 4 nitrogen and oxygen atoms in total. The first-order valence-corrected chi connectivity index (χ1v) is 5.55. The fraction of sp³-hybridized carbons (Fsp3) is 0.500. The molecular weight excluding hydrogens is 200 g/mol. The Kier molecular flexibility index (Phi) is 2.92. The Balaban J connectivity index is 2.27. The Morgan fingerprint density at radius 2 is 2.06 bits per heavy atom. The minimum absolute atomic E-state index is 0.172. The maximum absolute atomic E-state index is 4.20. The van der Waals surface area contributed by atoms with Gasteiger partial charge in [-0.3, -0.25) is 0 Å². The molecule has 1 N–H and O–H groups in total. The molecule has 1 heterocycles. The van der Waals surface area contributed by atoms with E-state index in [1.165, 1.54) is 0 Å². The van der Waals surface area contributed by atoms with Crippen LogP contribution in [0.15, 0.2) is 24.3 Å². The van der Waals surface area contributed by atoms with E-state index in [9.17, 15) is 0 Å².